The van der Waals surface area contributed by atoms with Crippen molar-refractivity contribution in [1.82, 2.24) is 4.98 Å². The average Bonchev–Trinajstić information content (AvgIpc) is 2.53. The summed E-state index contributed by atoms with van der Waals surface area (Å²) in [5, 5.41) is -0.0778. The number of aromatic nitrogens is 1. The maximum absolute atomic E-state index is 14.4. The Balaban J connectivity index is 2.16. The fraction of sp³-hybridized carbons (Fsp3) is 0.105. The van der Waals surface area contributed by atoms with E-state index in [9.17, 15) is 26.3 Å². The molecule has 0 aliphatic rings. The van der Waals surface area contributed by atoms with Crippen LogP contribution in [0, 0.1) is 36.2 Å². The number of aryl methyl sites for hydroxylation is 1. The summed E-state index contributed by atoms with van der Waals surface area (Å²) < 4.78 is 78.9. The Morgan fingerprint density at radius 1 is 0.962 bits per heavy atom. The second-order valence-electron chi connectivity index (χ2n) is 5.57. The molecule has 0 saturated heterocycles. The molecule has 3 rings (SSSR count). The second-order valence-corrected chi connectivity index (χ2v) is 5.57. The van der Waals surface area contributed by atoms with Gasteiger partial charge in [-0.05, 0) is 36.1 Å². The van der Waals surface area contributed by atoms with E-state index in [1.54, 1.807) is 6.92 Å². The highest BCUT2D eigenvalue weighted by Gasteiger charge is 2.24. The largest absolute Gasteiger partial charge is 0.458 e. The minimum atomic E-state index is -4.87. The number of pyridine rings is 1. The number of hydrogen-bond donors (Lipinski definition) is 0. The predicted molar refractivity (Wildman–Crippen MR) is 84.7 cm³/mol. The van der Waals surface area contributed by atoms with Gasteiger partial charge < -0.3 is 0 Å². The Kier molecular flexibility index (Phi) is 4.36. The molecule has 7 heteroatoms. The molecule has 2 aromatic carbocycles. The maximum Gasteiger partial charge on any atom is 0.458 e. The summed E-state index contributed by atoms with van der Waals surface area (Å²) in [6, 6.07) is 6.01. The SMILES string of the molecule is Cc1cnc(-c2ccc3c(F)c(C#CC(F)(F)F)c(F)cc3c2)c(F)c1. The van der Waals surface area contributed by atoms with E-state index in [4.69, 9.17) is 0 Å². The summed E-state index contributed by atoms with van der Waals surface area (Å²) in [5.74, 6) is -0.719. The van der Waals surface area contributed by atoms with Crippen molar-refractivity contribution >= 4 is 10.8 Å². The minimum Gasteiger partial charge on any atom is -0.253 e. The molecule has 0 unspecified atom stereocenters. The topological polar surface area (TPSA) is 12.9 Å². The molecular weight excluding hydrogens is 356 g/mol. The molecule has 0 aliphatic heterocycles. The van der Waals surface area contributed by atoms with Crippen molar-refractivity contribution in [2.24, 2.45) is 0 Å². The van der Waals surface area contributed by atoms with Crippen LogP contribution in [0.2, 0.25) is 0 Å². The van der Waals surface area contributed by atoms with Crippen molar-refractivity contribution in [3.05, 3.63) is 65.1 Å². The minimum absolute atomic E-state index is 0.000689. The molecule has 0 saturated carbocycles. The highest BCUT2D eigenvalue weighted by atomic mass is 19.4. The monoisotopic (exact) mass is 365 g/mol. The van der Waals surface area contributed by atoms with Crippen LogP contribution in [0.15, 0.2) is 36.5 Å². The van der Waals surface area contributed by atoms with Crippen molar-refractivity contribution in [3.8, 4) is 23.1 Å². The molecule has 0 N–H and O–H groups in total. The third kappa shape index (κ3) is 3.49. The van der Waals surface area contributed by atoms with Crippen LogP contribution in [0.1, 0.15) is 11.1 Å². The number of rotatable bonds is 1. The van der Waals surface area contributed by atoms with Gasteiger partial charge in [-0.25, -0.2) is 13.2 Å². The number of fused-ring (bicyclic) bond motifs is 1. The Morgan fingerprint density at radius 2 is 1.69 bits per heavy atom. The van der Waals surface area contributed by atoms with Crippen LogP contribution in [0.4, 0.5) is 26.3 Å². The van der Waals surface area contributed by atoms with E-state index in [1.807, 2.05) is 0 Å². The first-order valence-electron chi connectivity index (χ1n) is 7.30. The van der Waals surface area contributed by atoms with Crippen molar-refractivity contribution < 1.29 is 26.3 Å². The summed E-state index contributed by atoms with van der Waals surface area (Å²) in [4.78, 5) is 3.96. The summed E-state index contributed by atoms with van der Waals surface area (Å²) in [6.45, 7) is 1.66. The maximum atomic E-state index is 14.4. The Morgan fingerprint density at radius 3 is 2.35 bits per heavy atom. The molecular formula is C19H9F6N. The fourth-order valence-corrected chi connectivity index (χ4v) is 2.47. The second kappa shape index (κ2) is 6.37. The van der Waals surface area contributed by atoms with Crippen molar-refractivity contribution in [2.45, 2.75) is 13.1 Å². The number of nitrogens with zero attached hydrogens (tertiary/aromatic N) is 1. The quantitative estimate of drug-likeness (QED) is 0.408. The van der Waals surface area contributed by atoms with Crippen LogP contribution in [0.25, 0.3) is 22.0 Å². The van der Waals surface area contributed by atoms with E-state index in [1.165, 1.54) is 36.4 Å². The molecule has 0 amide bonds. The summed E-state index contributed by atoms with van der Waals surface area (Å²) in [6.07, 6.45) is -3.42. The van der Waals surface area contributed by atoms with Crippen LogP contribution in [-0.2, 0) is 0 Å². The van der Waals surface area contributed by atoms with E-state index in [2.05, 4.69) is 4.98 Å². The standard InChI is InChI=1S/C19H9F6N/c1-10-6-16(21)18(26-9-10)11-2-3-13-12(7-11)8-15(20)14(17(13)22)4-5-19(23,24)25/h2-3,6-9H,1H3. The lowest BCUT2D eigenvalue weighted by Gasteiger charge is -2.08. The van der Waals surface area contributed by atoms with Gasteiger partial charge in [0.25, 0.3) is 0 Å². The highest BCUT2D eigenvalue weighted by Crippen LogP contribution is 2.29. The van der Waals surface area contributed by atoms with Crippen molar-refractivity contribution in [2.75, 3.05) is 0 Å². The van der Waals surface area contributed by atoms with Gasteiger partial charge in [0.05, 0.1) is 5.56 Å². The fourth-order valence-electron chi connectivity index (χ4n) is 2.47. The number of hydrogen-bond acceptors (Lipinski definition) is 1. The van der Waals surface area contributed by atoms with Crippen LogP contribution in [-0.4, -0.2) is 11.2 Å². The highest BCUT2D eigenvalue weighted by molar-refractivity contribution is 5.88. The lowest BCUT2D eigenvalue weighted by Crippen LogP contribution is -2.02. The first-order valence-corrected chi connectivity index (χ1v) is 7.30. The van der Waals surface area contributed by atoms with Crippen LogP contribution < -0.4 is 0 Å². The van der Waals surface area contributed by atoms with E-state index >= 15 is 0 Å². The van der Waals surface area contributed by atoms with E-state index < -0.39 is 29.2 Å². The van der Waals surface area contributed by atoms with Gasteiger partial charge in [0.1, 0.15) is 23.1 Å². The van der Waals surface area contributed by atoms with Gasteiger partial charge >= 0.3 is 6.18 Å². The molecule has 0 atom stereocenters. The van der Waals surface area contributed by atoms with Gasteiger partial charge in [-0.3, -0.25) is 4.98 Å². The van der Waals surface area contributed by atoms with Gasteiger partial charge in [0, 0.05) is 23.1 Å². The zero-order valence-corrected chi connectivity index (χ0v) is 13.2. The molecule has 1 aromatic heterocycles. The van der Waals surface area contributed by atoms with E-state index in [0.717, 1.165) is 12.0 Å². The van der Waals surface area contributed by atoms with Crippen LogP contribution in [0.5, 0.6) is 0 Å². The molecule has 0 fully saturated rings. The third-order valence-electron chi connectivity index (χ3n) is 3.61. The lowest BCUT2D eigenvalue weighted by atomic mass is 10.0. The Bertz CT molecular complexity index is 1070. The summed E-state index contributed by atoms with van der Waals surface area (Å²) in [5.41, 5.74) is -0.0820. The molecule has 0 bridgehead atoms. The first kappa shape index (κ1) is 17.8. The molecule has 1 nitrogen and oxygen atoms in total. The van der Waals surface area contributed by atoms with Crippen molar-refractivity contribution in [3.63, 3.8) is 0 Å². The zero-order chi connectivity index (χ0) is 19.1. The lowest BCUT2D eigenvalue weighted by molar-refractivity contribution is -0.0696. The third-order valence-corrected chi connectivity index (χ3v) is 3.61. The molecule has 3 aromatic rings. The van der Waals surface area contributed by atoms with E-state index in [-0.39, 0.29) is 22.0 Å². The number of alkyl halides is 3. The normalized spacial score (nSPS) is 11.3. The summed E-state index contributed by atoms with van der Waals surface area (Å²) in [7, 11) is 0. The van der Waals surface area contributed by atoms with Crippen molar-refractivity contribution in [1.29, 1.82) is 0 Å². The van der Waals surface area contributed by atoms with E-state index in [0.29, 0.717) is 5.56 Å². The van der Waals surface area contributed by atoms with Crippen LogP contribution >= 0.6 is 0 Å². The van der Waals surface area contributed by atoms with Gasteiger partial charge in [0.2, 0.25) is 0 Å². The molecule has 1 heterocycles. The van der Waals surface area contributed by atoms with Gasteiger partial charge in [0.15, 0.2) is 0 Å². The molecule has 132 valence electrons. The Hall–Kier alpha value is -3.01. The zero-order valence-electron chi connectivity index (χ0n) is 13.2. The first-order chi connectivity index (χ1) is 12.2. The van der Waals surface area contributed by atoms with Crippen LogP contribution in [0.3, 0.4) is 0 Å². The molecule has 0 radical (unpaired) electrons. The van der Waals surface area contributed by atoms with Gasteiger partial charge in [-0.15, -0.1) is 0 Å². The number of halogens is 6. The predicted octanol–water partition coefficient (Wildman–Crippen LogP) is 5.54. The molecule has 0 spiro atoms. The number of benzene rings is 2. The summed E-state index contributed by atoms with van der Waals surface area (Å²) >= 11 is 0. The smallest absolute Gasteiger partial charge is 0.253 e. The van der Waals surface area contributed by atoms with Gasteiger partial charge in [-0.2, -0.15) is 13.2 Å². The molecule has 0 aliphatic carbocycles. The molecule has 26 heavy (non-hydrogen) atoms. The average molecular weight is 365 g/mol. The Labute approximate surface area is 144 Å². The van der Waals surface area contributed by atoms with Gasteiger partial charge in [-0.1, -0.05) is 18.1 Å².